The minimum absolute atomic E-state index is 0.356. The number of nitrogens with zero attached hydrogens (tertiary/aromatic N) is 1. The molecule has 1 atom stereocenters. The van der Waals surface area contributed by atoms with Gasteiger partial charge in [-0.25, -0.2) is 0 Å². The van der Waals surface area contributed by atoms with E-state index in [9.17, 15) is 0 Å². The Hall–Kier alpha value is -0.0800. The summed E-state index contributed by atoms with van der Waals surface area (Å²) in [6.07, 6.45) is 1.07. The van der Waals surface area contributed by atoms with Gasteiger partial charge in [0.2, 0.25) is 0 Å². The quantitative estimate of drug-likeness (QED) is 0.606. The van der Waals surface area contributed by atoms with Crippen LogP contribution in [-0.4, -0.2) is 31.1 Å². The molecular formula is C7H18N2. The van der Waals surface area contributed by atoms with Crippen molar-refractivity contribution in [3.8, 4) is 0 Å². The Kier molecular flexibility index (Phi) is 4.72. The van der Waals surface area contributed by atoms with Gasteiger partial charge in [-0.2, -0.15) is 0 Å². The zero-order chi connectivity index (χ0) is 7.28. The van der Waals surface area contributed by atoms with Crippen LogP contribution in [0, 0.1) is 0 Å². The van der Waals surface area contributed by atoms with Crippen molar-refractivity contribution in [1.82, 2.24) is 4.90 Å². The first-order valence-electron chi connectivity index (χ1n) is 3.64. The summed E-state index contributed by atoms with van der Waals surface area (Å²) in [7, 11) is 2.09. The van der Waals surface area contributed by atoms with Gasteiger partial charge in [0.05, 0.1) is 0 Å². The second-order valence-corrected chi connectivity index (χ2v) is 2.52. The fraction of sp³-hybridized carbons (Fsp3) is 1.00. The van der Waals surface area contributed by atoms with Gasteiger partial charge < -0.3 is 10.6 Å². The number of hydrogen-bond donors (Lipinski definition) is 1. The molecule has 0 fully saturated rings. The molecule has 0 aliphatic heterocycles. The van der Waals surface area contributed by atoms with Gasteiger partial charge in [0.25, 0.3) is 0 Å². The minimum atomic E-state index is 0.356. The third kappa shape index (κ3) is 4.43. The third-order valence-corrected chi connectivity index (χ3v) is 1.61. The van der Waals surface area contributed by atoms with E-state index in [0.29, 0.717) is 6.04 Å². The molecule has 0 aliphatic rings. The van der Waals surface area contributed by atoms with Crippen LogP contribution in [0.4, 0.5) is 0 Å². The summed E-state index contributed by atoms with van der Waals surface area (Å²) in [6.45, 7) is 6.37. The van der Waals surface area contributed by atoms with Gasteiger partial charge in [-0.1, -0.05) is 13.8 Å². The second-order valence-electron chi connectivity index (χ2n) is 2.52. The highest BCUT2D eigenvalue weighted by Crippen LogP contribution is 1.89. The summed E-state index contributed by atoms with van der Waals surface area (Å²) in [4.78, 5) is 2.23. The number of hydrogen-bond acceptors (Lipinski definition) is 2. The van der Waals surface area contributed by atoms with Crippen molar-refractivity contribution in [2.75, 3.05) is 20.1 Å². The van der Waals surface area contributed by atoms with Crippen molar-refractivity contribution in [1.29, 1.82) is 0 Å². The Balaban J connectivity index is 3.22. The van der Waals surface area contributed by atoms with Crippen LogP contribution >= 0.6 is 0 Å². The number of nitrogens with two attached hydrogens (primary N) is 1. The highest BCUT2D eigenvalue weighted by molar-refractivity contribution is 4.61. The molecule has 0 radical (unpaired) electrons. The van der Waals surface area contributed by atoms with Crippen LogP contribution in [0.15, 0.2) is 0 Å². The van der Waals surface area contributed by atoms with E-state index in [4.69, 9.17) is 5.73 Å². The Morgan fingerprint density at radius 2 is 2.00 bits per heavy atom. The molecule has 0 spiro atoms. The zero-order valence-corrected chi connectivity index (χ0v) is 6.72. The van der Waals surface area contributed by atoms with Gasteiger partial charge in [0, 0.05) is 12.6 Å². The molecule has 0 bridgehead atoms. The minimum Gasteiger partial charge on any atom is -0.327 e. The summed E-state index contributed by atoms with van der Waals surface area (Å²) in [6, 6.07) is 0.356. The van der Waals surface area contributed by atoms with Gasteiger partial charge in [0.15, 0.2) is 0 Å². The van der Waals surface area contributed by atoms with Crippen LogP contribution in [0.25, 0.3) is 0 Å². The van der Waals surface area contributed by atoms with E-state index >= 15 is 0 Å². The van der Waals surface area contributed by atoms with Crippen molar-refractivity contribution < 1.29 is 0 Å². The van der Waals surface area contributed by atoms with Crippen molar-refractivity contribution in [3.05, 3.63) is 0 Å². The monoisotopic (exact) mass is 130 g/mol. The molecule has 0 unspecified atom stereocenters. The standard InChI is InChI=1S/C7H18N2/c1-4-7(8)6-9(3)5-2/h7H,4-6,8H2,1-3H3/t7-/m0/s1. The average Bonchev–Trinajstić information content (AvgIpc) is 1.87. The summed E-state index contributed by atoms with van der Waals surface area (Å²) in [5.41, 5.74) is 5.71. The highest BCUT2D eigenvalue weighted by Gasteiger charge is 2.00. The zero-order valence-electron chi connectivity index (χ0n) is 6.72. The van der Waals surface area contributed by atoms with E-state index in [1.165, 1.54) is 0 Å². The van der Waals surface area contributed by atoms with Crippen LogP contribution in [0.3, 0.4) is 0 Å². The summed E-state index contributed by atoms with van der Waals surface area (Å²) < 4.78 is 0. The molecule has 0 aromatic heterocycles. The molecule has 0 aromatic carbocycles. The van der Waals surface area contributed by atoms with Crippen LogP contribution in [0.5, 0.6) is 0 Å². The maximum atomic E-state index is 5.71. The Bertz CT molecular complexity index is 55.9. The average molecular weight is 130 g/mol. The maximum Gasteiger partial charge on any atom is 0.0165 e. The van der Waals surface area contributed by atoms with Crippen molar-refractivity contribution in [2.24, 2.45) is 5.73 Å². The van der Waals surface area contributed by atoms with Crippen LogP contribution in [0.2, 0.25) is 0 Å². The molecule has 0 rings (SSSR count). The Labute approximate surface area is 58.0 Å². The first-order valence-corrected chi connectivity index (χ1v) is 3.64. The Morgan fingerprint density at radius 3 is 2.33 bits per heavy atom. The molecule has 0 amide bonds. The van der Waals surface area contributed by atoms with Crippen LogP contribution in [0.1, 0.15) is 20.3 Å². The lowest BCUT2D eigenvalue weighted by molar-refractivity contribution is 0.323. The van der Waals surface area contributed by atoms with Crippen molar-refractivity contribution in [2.45, 2.75) is 26.3 Å². The van der Waals surface area contributed by atoms with Gasteiger partial charge in [0.1, 0.15) is 0 Å². The summed E-state index contributed by atoms with van der Waals surface area (Å²) in [5, 5.41) is 0. The molecule has 2 nitrogen and oxygen atoms in total. The van der Waals surface area contributed by atoms with Gasteiger partial charge in [-0.15, -0.1) is 0 Å². The molecule has 2 N–H and O–H groups in total. The van der Waals surface area contributed by atoms with E-state index in [1.807, 2.05) is 0 Å². The van der Waals surface area contributed by atoms with E-state index in [0.717, 1.165) is 19.5 Å². The molecule has 56 valence electrons. The fourth-order valence-electron chi connectivity index (χ4n) is 0.659. The van der Waals surface area contributed by atoms with E-state index < -0.39 is 0 Å². The molecule has 0 saturated carbocycles. The molecule has 0 aliphatic carbocycles. The predicted molar refractivity (Wildman–Crippen MR) is 41.4 cm³/mol. The third-order valence-electron chi connectivity index (χ3n) is 1.61. The molecule has 0 heterocycles. The fourth-order valence-corrected chi connectivity index (χ4v) is 0.659. The summed E-state index contributed by atoms with van der Waals surface area (Å²) >= 11 is 0. The first-order chi connectivity index (χ1) is 4.20. The Morgan fingerprint density at radius 1 is 1.44 bits per heavy atom. The van der Waals surface area contributed by atoms with Crippen LogP contribution < -0.4 is 5.73 Å². The molecule has 9 heavy (non-hydrogen) atoms. The maximum absolute atomic E-state index is 5.71. The molecular weight excluding hydrogens is 112 g/mol. The summed E-state index contributed by atoms with van der Waals surface area (Å²) in [5.74, 6) is 0. The second kappa shape index (κ2) is 4.77. The lowest BCUT2D eigenvalue weighted by atomic mass is 10.2. The van der Waals surface area contributed by atoms with Gasteiger partial charge >= 0.3 is 0 Å². The first kappa shape index (κ1) is 8.92. The van der Waals surface area contributed by atoms with Crippen molar-refractivity contribution >= 4 is 0 Å². The largest absolute Gasteiger partial charge is 0.327 e. The lowest BCUT2D eigenvalue weighted by Gasteiger charge is -2.17. The van der Waals surface area contributed by atoms with Crippen molar-refractivity contribution in [3.63, 3.8) is 0 Å². The molecule has 2 heteroatoms. The van der Waals surface area contributed by atoms with E-state index in [-0.39, 0.29) is 0 Å². The molecule has 0 saturated heterocycles. The lowest BCUT2D eigenvalue weighted by Crippen LogP contribution is -2.34. The highest BCUT2D eigenvalue weighted by atomic mass is 15.1. The number of likely N-dealkylation sites (N-methyl/N-ethyl adjacent to an activating group) is 1. The van der Waals surface area contributed by atoms with Crippen LogP contribution in [-0.2, 0) is 0 Å². The van der Waals surface area contributed by atoms with Gasteiger partial charge in [-0.05, 0) is 20.0 Å². The van der Waals surface area contributed by atoms with E-state index in [1.54, 1.807) is 0 Å². The van der Waals surface area contributed by atoms with Gasteiger partial charge in [-0.3, -0.25) is 0 Å². The smallest absolute Gasteiger partial charge is 0.0165 e. The topological polar surface area (TPSA) is 29.3 Å². The van der Waals surface area contributed by atoms with E-state index in [2.05, 4.69) is 25.8 Å². The predicted octanol–water partition coefficient (Wildman–Crippen LogP) is 0.675. The normalized spacial score (nSPS) is 14.3. The SMILES string of the molecule is CC[C@H](N)CN(C)CC. The molecule has 0 aromatic rings. The number of rotatable bonds is 4.